The minimum Gasteiger partial charge on any atom is -0.184 e. The molecule has 0 heterocycles. The molecule has 0 saturated carbocycles. The van der Waals surface area contributed by atoms with E-state index in [-0.39, 0.29) is 70.4 Å². The van der Waals surface area contributed by atoms with Crippen LogP contribution >= 0.6 is 0 Å². The number of hydrogen-bond acceptors (Lipinski definition) is 0. The van der Waals surface area contributed by atoms with Crippen LogP contribution < -0.4 is 0 Å². The van der Waals surface area contributed by atoms with Gasteiger partial charge in [-0.25, -0.2) is 0 Å². The Labute approximate surface area is 125 Å². The van der Waals surface area contributed by atoms with Crippen molar-refractivity contribution in [2.75, 3.05) is 0 Å². The average Bonchev–Trinajstić information content (AvgIpc) is 1.93. The van der Waals surface area contributed by atoms with Crippen LogP contribution in [0.25, 0.3) is 0 Å². The molecular formula is C9H13ArY-. The molecule has 0 unspecified atom stereocenters. The molecule has 0 amide bonds. The zero-order valence-corrected chi connectivity index (χ0v) is 10.6. The van der Waals surface area contributed by atoms with Crippen LogP contribution in [0.2, 0.25) is 0 Å². The molecule has 11 heavy (non-hydrogen) atoms. The van der Waals surface area contributed by atoms with Gasteiger partial charge in [0.25, 0.3) is 0 Å². The quantitative estimate of drug-likeness (QED) is 0.621. The molecule has 61 valence electrons. The molecule has 0 bridgehead atoms. The van der Waals surface area contributed by atoms with Crippen molar-refractivity contribution in [1.82, 2.24) is 0 Å². The van der Waals surface area contributed by atoms with Gasteiger partial charge in [0.2, 0.25) is 0 Å². The molecule has 0 nitrogen and oxygen atoms in total. The summed E-state index contributed by atoms with van der Waals surface area (Å²) >= 11 is 0. The molecule has 1 aromatic rings. The predicted octanol–water partition coefficient (Wildman–Crippen LogP) is 2.90. The van der Waals surface area contributed by atoms with Gasteiger partial charge in [0, 0.05) is 70.4 Å². The summed E-state index contributed by atoms with van der Waals surface area (Å²) < 4.78 is 0. The van der Waals surface area contributed by atoms with E-state index in [1.54, 1.807) is 0 Å². The van der Waals surface area contributed by atoms with E-state index in [0.717, 1.165) is 0 Å². The normalized spacial score (nSPS) is 6.00. The summed E-state index contributed by atoms with van der Waals surface area (Å²) in [4.78, 5) is 0. The smallest absolute Gasteiger partial charge is 0 e. The molecule has 0 saturated heterocycles. The van der Waals surface area contributed by atoms with E-state index in [9.17, 15) is 0 Å². The van der Waals surface area contributed by atoms with Crippen molar-refractivity contribution in [3.05, 3.63) is 36.4 Å². The van der Waals surface area contributed by atoms with Gasteiger partial charge >= 0.3 is 0 Å². The van der Waals surface area contributed by atoms with E-state index in [2.05, 4.69) is 19.9 Å². The van der Waals surface area contributed by atoms with Crippen LogP contribution in [0, 0.1) is 43.8 Å². The van der Waals surface area contributed by atoms with E-state index in [1.165, 1.54) is 6.42 Å². The maximum atomic E-state index is 2.89. The van der Waals surface area contributed by atoms with E-state index >= 15 is 0 Å². The molecule has 0 spiro atoms. The summed E-state index contributed by atoms with van der Waals surface area (Å²) in [6.45, 7) is 4.25. The first kappa shape index (κ1) is 18.4. The predicted molar refractivity (Wildman–Crippen MR) is 41.2 cm³/mol. The molecule has 0 atom stereocenters. The molecule has 0 fully saturated rings. The topological polar surface area (TPSA) is 0 Å². The Hall–Kier alpha value is 1.58. The fourth-order valence-electron chi connectivity index (χ4n) is 0.342. The third-order valence-electron chi connectivity index (χ3n) is 0.607. The Bertz CT molecular complexity index is 92.4. The van der Waals surface area contributed by atoms with Crippen LogP contribution in [0.1, 0.15) is 20.3 Å². The summed E-state index contributed by atoms with van der Waals surface area (Å²) in [6.07, 6.45) is 1.25. The summed E-state index contributed by atoms with van der Waals surface area (Å²) in [5.41, 5.74) is 0. The molecule has 0 aliphatic heterocycles. The van der Waals surface area contributed by atoms with Crippen LogP contribution in [0.4, 0.5) is 0 Å². The number of benzene rings is 1. The summed E-state index contributed by atoms with van der Waals surface area (Å²) in [5, 5.41) is 0. The molecule has 0 aliphatic rings. The Kier molecular flexibility index (Phi) is 29.4. The number of rotatable bonds is 0. The molecular weight excluding hydrogens is 237 g/mol. The summed E-state index contributed by atoms with van der Waals surface area (Å²) in [5.74, 6) is 0. The van der Waals surface area contributed by atoms with E-state index < -0.39 is 0 Å². The van der Waals surface area contributed by atoms with E-state index in [4.69, 9.17) is 0 Å². The maximum absolute atomic E-state index is 2.89. The van der Waals surface area contributed by atoms with E-state index in [1.807, 2.05) is 30.3 Å². The van der Waals surface area contributed by atoms with Gasteiger partial charge in [0.1, 0.15) is 0 Å². The average molecular weight is 250 g/mol. The van der Waals surface area contributed by atoms with Gasteiger partial charge in [0.15, 0.2) is 0 Å². The van der Waals surface area contributed by atoms with Crippen LogP contribution in [-0.4, -0.2) is 0 Å². The molecule has 1 aromatic carbocycles. The van der Waals surface area contributed by atoms with Gasteiger partial charge in [-0.3, -0.25) is 0 Å². The third-order valence-corrected chi connectivity index (χ3v) is 0.607. The van der Waals surface area contributed by atoms with Gasteiger partial charge in [-0.05, 0) is 0 Å². The third kappa shape index (κ3) is 18.5. The zero-order chi connectivity index (χ0) is 6.95. The van der Waals surface area contributed by atoms with Gasteiger partial charge in [0.05, 0.1) is 0 Å². The standard InChI is InChI=1S/C6H5.C3H8.Ar.Y/c1-2-4-6-5-3-1;1-3-2;;/h1-5H;3H2,1-2H3;;/q-1;;;. The van der Waals surface area contributed by atoms with Crippen LogP contribution in [0.5, 0.6) is 0 Å². The second kappa shape index (κ2) is 17.6. The van der Waals surface area contributed by atoms with Crippen molar-refractivity contribution in [2.45, 2.75) is 20.3 Å². The molecule has 2 heteroatoms. The van der Waals surface area contributed by atoms with Crippen molar-refractivity contribution >= 4 is 0 Å². The summed E-state index contributed by atoms with van der Waals surface area (Å²) in [7, 11) is 0. The van der Waals surface area contributed by atoms with Crippen molar-refractivity contribution in [1.29, 1.82) is 0 Å². The molecule has 0 N–H and O–H groups in total. The van der Waals surface area contributed by atoms with Crippen molar-refractivity contribution < 1.29 is 70.4 Å². The molecule has 0 aliphatic carbocycles. The minimum absolute atomic E-state index is 0. The molecule has 1 rings (SSSR count). The second-order valence-corrected chi connectivity index (χ2v) is 1.78. The molecule has 1 radical (unpaired) electrons. The fraction of sp³-hybridized carbons (Fsp3) is 0.333. The van der Waals surface area contributed by atoms with Crippen LogP contribution in [0.15, 0.2) is 30.3 Å². The van der Waals surface area contributed by atoms with Crippen molar-refractivity contribution in [3.63, 3.8) is 0 Å². The van der Waals surface area contributed by atoms with Gasteiger partial charge in [-0.15, -0.1) is 0 Å². The first-order valence-electron chi connectivity index (χ1n) is 3.32. The van der Waals surface area contributed by atoms with Crippen molar-refractivity contribution in [2.24, 2.45) is 0 Å². The van der Waals surface area contributed by atoms with E-state index in [0.29, 0.717) is 0 Å². The van der Waals surface area contributed by atoms with Gasteiger partial charge in [-0.2, -0.15) is 36.4 Å². The Morgan fingerprint density at radius 1 is 1.00 bits per heavy atom. The van der Waals surface area contributed by atoms with Crippen LogP contribution in [0.3, 0.4) is 0 Å². The SMILES string of the molecule is CCC.[Ar].[Y].[c-]1ccccc1. The maximum Gasteiger partial charge on any atom is 0 e. The molecule has 0 aromatic heterocycles. The fourth-order valence-corrected chi connectivity index (χ4v) is 0.342. The first-order chi connectivity index (χ1) is 4.41. The minimum atomic E-state index is 0. The van der Waals surface area contributed by atoms with Crippen LogP contribution in [-0.2, 0) is 32.7 Å². The second-order valence-electron chi connectivity index (χ2n) is 1.78. The Morgan fingerprint density at radius 3 is 1.45 bits per heavy atom. The van der Waals surface area contributed by atoms with Gasteiger partial charge < -0.3 is 0 Å². The largest absolute Gasteiger partial charge is 0.184 e. The first-order valence-corrected chi connectivity index (χ1v) is 3.32. The Morgan fingerprint density at radius 2 is 1.36 bits per heavy atom. The number of hydrogen-bond donors (Lipinski definition) is 0. The Balaban J connectivity index is -0.000000116. The zero-order valence-electron chi connectivity index (χ0n) is 7.02. The monoisotopic (exact) mass is 250 g/mol. The summed E-state index contributed by atoms with van der Waals surface area (Å²) in [6, 6.07) is 12.5. The van der Waals surface area contributed by atoms with Gasteiger partial charge in [-0.1, -0.05) is 20.3 Å². The van der Waals surface area contributed by atoms with Crippen molar-refractivity contribution in [3.8, 4) is 0 Å².